The lowest BCUT2D eigenvalue weighted by atomic mass is 9.88. The number of fused-ring (bicyclic) bond motifs is 2. The molecule has 2 unspecified atom stereocenters. The summed E-state index contributed by atoms with van der Waals surface area (Å²) in [6.07, 6.45) is 1.57. The van der Waals surface area contributed by atoms with Crippen molar-refractivity contribution in [1.29, 1.82) is 0 Å². The van der Waals surface area contributed by atoms with E-state index in [4.69, 9.17) is 10.2 Å². The molecule has 2 atom stereocenters. The molecule has 4 heteroatoms. The molecule has 0 aromatic rings. The quantitative estimate of drug-likeness (QED) is 0.664. The average molecular weight is 182 g/mol. The largest absolute Gasteiger partial charge is 0.481 e. The molecule has 2 bridgehead atoms. The molecule has 2 aliphatic carbocycles. The van der Waals surface area contributed by atoms with E-state index >= 15 is 0 Å². The van der Waals surface area contributed by atoms with Crippen LogP contribution in [0.3, 0.4) is 0 Å². The predicted octanol–water partition coefficient (Wildman–Crippen LogP) is 0.882. The van der Waals surface area contributed by atoms with Crippen LogP contribution >= 0.6 is 0 Å². The SMILES string of the molecule is O=C(O)C1=C2CC(C1)C(C(=O)O)C2. The summed E-state index contributed by atoms with van der Waals surface area (Å²) in [5.41, 5.74) is 1.31. The van der Waals surface area contributed by atoms with Crippen molar-refractivity contribution in [2.45, 2.75) is 19.3 Å². The molecule has 0 aliphatic heterocycles. The average Bonchev–Trinajstić information content (AvgIpc) is 2.60. The van der Waals surface area contributed by atoms with Gasteiger partial charge in [0.25, 0.3) is 0 Å². The molecule has 0 radical (unpaired) electrons. The van der Waals surface area contributed by atoms with Crippen molar-refractivity contribution in [3.63, 3.8) is 0 Å². The van der Waals surface area contributed by atoms with E-state index in [1.807, 2.05) is 0 Å². The van der Waals surface area contributed by atoms with Crippen molar-refractivity contribution in [2.24, 2.45) is 11.8 Å². The second kappa shape index (κ2) is 2.58. The summed E-state index contributed by atoms with van der Waals surface area (Å²) in [5.74, 6) is -1.96. The first-order valence-electron chi connectivity index (χ1n) is 4.26. The van der Waals surface area contributed by atoms with Gasteiger partial charge in [0, 0.05) is 5.57 Å². The molecule has 2 aliphatic rings. The Morgan fingerprint density at radius 2 is 1.85 bits per heavy atom. The Balaban J connectivity index is 2.22. The van der Waals surface area contributed by atoms with Gasteiger partial charge in [0.2, 0.25) is 0 Å². The Hall–Kier alpha value is -1.32. The van der Waals surface area contributed by atoms with Gasteiger partial charge in [-0.3, -0.25) is 4.79 Å². The monoisotopic (exact) mass is 182 g/mol. The summed E-state index contributed by atoms with van der Waals surface area (Å²) >= 11 is 0. The molecule has 0 spiro atoms. The van der Waals surface area contributed by atoms with Crippen LogP contribution in [0.25, 0.3) is 0 Å². The molecule has 0 amide bonds. The molecule has 2 N–H and O–H groups in total. The number of allylic oxidation sites excluding steroid dienone is 1. The maximum absolute atomic E-state index is 10.7. The highest BCUT2D eigenvalue weighted by atomic mass is 16.4. The molecule has 70 valence electrons. The lowest BCUT2D eigenvalue weighted by Gasteiger charge is -2.15. The Labute approximate surface area is 74.9 Å². The van der Waals surface area contributed by atoms with Gasteiger partial charge in [0.1, 0.15) is 0 Å². The van der Waals surface area contributed by atoms with Gasteiger partial charge in [0.15, 0.2) is 0 Å². The number of hydrogen-bond acceptors (Lipinski definition) is 2. The van der Waals surface area contributed by atoms with Crippen molar-refractivity contribution < 1.29 is 19.8 Å². The third-order valence-electron chi connectivity index (χ3n) is 3.01. The van der Waals surface area contributed by atoms with Crippen LogP contribution in [0.15, 0.2) is 11.1 Å². The first kappa shape index (κ1) is 8.29. The van der Waals surface area contributed by atoms with Crippen LogP contribution in [0.5, 0.6) is 0 Å². The summed E-state index contributed by atoms with van der Waals surface area (Å²) in [5, 5.41) is 17.5. The summed E-state index contributed by atoms with van der Waals surface area (Å²) < 4.78 is 0. The van der Waals surface area contributed by atoms with E-state index in [2.05, 4.69) is 0 Å². The van der Waals surface area contributed by atoms with Crippen LogP contribution in [0.2, 0.25) is 0 Å². The fourth-order valence-electron chi connectivity index (χ4n) is 2.37. The highest BCUT2D eigenvalue weighted by molar-refractivity contribution is 5.89. The van der Waals surface area contributed by atoms with E-state index in [-0.39, 0.29) is 11.8 Å². The molecule has 0 heterocycles. The van der Waals surface area contributed by atoms with Crippen molar-refractivity contribution >= 4 is 11.9 Å². The first-order chi connectivity index (χ1) is 6.09. The van der Waals surface area contributed by atoms with Gasteiger partial charge in [-0.05, 0) is 25.2 Å². The number of carboxylic acid groups (broad SMARTS) is 2. The minimum absolute atomic E-state index is 0.0404. The van der Waals surface area contributed by atoms with Gasteiger partial charge in [0.05, 0.1) is 5.92 Å². The van der Waals surface area contributed by atoms with Gasteiger partial charge in [-0.15, -0.1) is 0 Å². The molecule has 1 fully saturated rings. The molecule has 0 aromatic carbocycles. The smallest absolute Gasteiger partial charge is 0.331 e. The Morgan fingerprint density at radius 1 is 1.15 bits per heavy atom. The van der Waals surface area contributed by atoms with E-state index < -0.39 is 11.9 Å². The highest BCUT2D eigenvalue weighted by Crippen LogP contribution is 2.48. The van der Waals surface area contributed by atoms with Gasteiger partial charge in [-0.25, -0.2) is 4.79 Å². The van der Waals surface area contributed by atoms with Crippen LogP contribution in [0.4, 0.5) is 0 Å². The molecule has 1 saturated carbocycles. The zero-order valence-electron chi connectivity index (χ0n) is 6.99. The van der Waals surface area contributed by atoms with E-state index in [1.54, 1.807) is 0 Å². The van der Waals surface area contributed by atoms with Gasteiger partial charge in [-0.1, -0.05) is 5.57 Å². The third-order valence-corrected chi connectivity index (χ3v) is 3.01. The predicted molar refractivity (Wildman–Crippen MR) is 43.1 cm³/mol. The van der Waals surface area contributed by atoms with Crippen LogP contribution in [-0.4, -0.2) is 22.2 Å². The normalized spacial score (nSPS) is 31.1. The van der Waals surface area contributed by atoms with Crippen LogP contribution in [0, 0.1) is 11.8 Å². The van der Waals surface area contributed by atoms with Crippen LogP contribution in [0.1, 0.15) is 19.3 Å². The summed E-state index contributed by atoms with van der Waals surface area (Å²) in [6, 6.07) is 0. The zero-order chi connectivity index (χ0) is 9.59. The van der Waals surface area contributed by atoms with E-state index in [0.29, 0.717) is 24.8 Å². The summed E-state index contributed by atoms with van der Waals surface area (Å²) in [7, 11) is 0. The van der Waals surface area contributed by atoms with Crippen molar-refractivity contribution in [3.05, 3.63) is 11.1 Å². The second-order valence-electron chi connectivity index (χ2n) is 3.70. The lowest BCUT2D eigenvalue weighted by Crippen LogP contribution is -2.21. The van der Waals surface area contributed by atoms with Crippen LogP contribution < -0.4 is 0 Å². The number of rotatable bonds is 2. The Bertz CT molecular complexity index is 316. The fraction of sp³-hybridized carbons (Fsp3) is 0.556. The fourth-order valence-corrected chi connectivity index (χ4v) is 2.37. The maximum Gasteiger partial charge on any atom is 0.331 e. The number of hydrogen-bond donors (Lipinski definition) is 2. The second-order valence-corrected chi connectivity index (χ2v) is 3.70. The molecule has 0 aromatic heterocycles. The molecular formula is C9H10O4. The van der Waals surface area contributed by atoms with Crippen molar-refractivity contribution in [1.82, 2.24) is 0 Å². The van der Waals surface area contributed by atoms with Crippen LogP contribution in [-0.2, 0) is 9.59 Å². The van der Waals surface area contributed by atoms with Gasteiger partial charge >= 0.3 is 11.9 Å². The van der Waals surface area contributed by atoms with E-state index in [0.717, 1.165) is 5.57 Å². The van der Waals surface area contributed by atoms with E-state index in [9.17, 15) is 9.59 Å². The highest BCUT2D eigenvalue weighted by Gasteiger charge is 2.43. The number of aliphatic carboxylic acids is 2. The third kappa shape index (κ3) is 1.13. The molecule has 0 saturated heterocycles. The number of carbonyl (C=O) groups is 2. The number of carboxylic acids is 2. The summed E-state index contributed by atoms with van der Waals surface area (Å²) in [6.45, 7) is 0. The van der Waals surface area contributed by atoms with Crippen molar-refractivity contribution in [3.8, 4) is 0 Å². The van der Waals surface area contributed by atoms with Gasteiger partial charge in [-0.2, -0.15) is 0 Å². The van der Waals surface area contributed by atoms with Gasteiger partial charge < -0.3 is 10.2 Å². The minimum Gasteiger partial charge on any atom is -0.481 e. The summed E-state index contributed by atoms with van der Waals surface area (Å²) in [4.78, 5) is 21.4. The molecule has 4 nitrogen and oxygen atoms in total. The minimum atomic E-state index is -0.874. The molecular weight excluding hydrogens is 172 g/mol. The Morgan fingerprint density at radius 3 is 2.23 bits per heavy atom. The zero-order valence-corrected chi connectivity index (χ0v) is 6.99. The van der Waals surface area contributed by atoms with Crippen molar-refractivity contribution in [2.75, 3.05) is 0 Å². The maximum atomic E-state index is 10.7. The molecule has 13 heavy (non-hydrogen) atoms. The van der Waals surface area contributed by atoms with E-state index in [1.165, 1.54) is 0 Å². The molecule has 2 rings (SSSR count). The Kier molecular flexibility index (Phi) is 1.65. The lowest BCUT2D eigenvalue weighted by molar-refractivity contribution is -0.143. The first-order valence-corrected chi connectivity index (χ1v) is 4.26. The standard InChI is InChI=1S/C9H10O4/c10-8(11)6-2-4-1-5(6)3-7(4)9(12)13/h4,7H,1-3H2,(H,10,11)(H,12,13). The topological polar surface area (TPSA) is 74.6 Å².